The standard InChI is InChI=1S/C9H7FO/c1-2-9(11)7-4-3-5-8(10)6-7/h1,3-6,9,11H/t9-/m0/s1. The van der Waals surface area contributed by atoms with E-state index in [4.69, 9.17) is 11.5 Å². The third-order valence-corrected chi connectivity index (χ3v) is 1.32. The van der Waals surface area contributed by atoms with Crippen LogP contribution in [0, 0.1) is 18.2 Å². The van der Waals surface area contributed by atoms with Crippen molar-refractivity contribution in [1.29, 1.82) is 0 Å². The van der Waals surface area contributed by atoms with Gasteiger partial charge in [0.15, 0.2) is 0 Å². The molecule has 1 rings (SSSR count). The number of rotatable bonds is 1. The van der Waals surface area contributed by atoms with Crippen LogP contribution in [0.4, 0.5) is 4.39 Å². The molecular weight excluding hydrogens is 143 g/mol. The van der Waals surface area contributed by atoms with E-state index < -0.39 is 11.9 Å². The Hall–Kier alpha value is -1.33. The smallest absolute Gasteiger partial charge is 0.140 e. The molecule has 0 bridgehead atoms. The lowest BCUT2D eigenvalue weighted by Crippen LogP contribution is -1.92. The molecule has 0 fully saturated rings. The van der Waals surface area contributed by atoms with Crippen molar-refractivity contribution in [3.05, 3.63) is 35.6 Å². The fraction of sp³-hybridized carbons (Fsp3) is 0.111. The molecule has 0 aliphatic carbocycles. The van der Waals surface area contributed by atoms with Gasteiger partial charge in [-0.25, -0.2) is 4.39 Å². The van der Waals surface area contributed by atoms with Gasteiger partial charge in [0.25, 0.3) is 0 Å². The van der Waals surface area contributed by atoms with E-state index in [-0.39, 0.29) is 0 Å². The number of aliphatic hydroxyl groups is 1. The Morgan fingerprint density at radius 2 is 2.27 bits per heavy atom. The van der Waals surface area contributed by atoms with E-state index in [2.05, 4.69) is 5.92 Å². The van der Waals surface area contributed by atoms with Gasteiger partial charge in [0.2, 0.25) is 0 Å². The van der Waals surface area contributed by atoms with Crippen molar-refractivity contribution >= 4 is 0 Å². The molecule has 1 nitrogen and oxygen atoms in total. The van der Waals surface area contributed by atoms with Crippen molar-refractivity contribution in [2.75, 3.05) is 0 Å². The summed E-state index contributed by atoms with van der Waals surface area (Å²) in [4.78, 5) is 0. The van der Waals surface area contributed by atoms with E-state index in [1.165, 1.54) is 18.2 Å². The number of hydrogen-bond donors (Lipinski definition) is 1. The van der Waals surface area contributed by atoms with Gasteiger partial charge in [-0.3, -0.25) is 0 Å². The van der Waals surface area contributed by atoms with Crippen molar-refractivity contribution < 1.29 is 9.50 Å². The van der Waals surface area contributed by atoms with Crippen molar-refractivity contribution in [1.82, 2.24) is 0 Å². The lowest BCUT2D eigenvalue weighted by Gasteiger charge is -2.01. The molecule has 0 saturated carbocycles. The maximum atomic E-state index is 12.5. The molecule has 0 spiro atoms. The van der Waals surface area contributed by atoms with Gasteiger partial charge < -0.3 is 5.11 Å². The molecule has 0 heterocycles. The van der Waals surface area contributed by atoms with Gasteiger partial charge in [-0.05, 0) is 17.7 Å². The fourth-order valence-corrected chi connectivity index (χ4v) is 0.773. The SMILES string of the molecule is C#C[C@H](O)c1cccc(F)c1. The van der Waals surface area contributed by atoms with Crippen LogP contribution in [-0.2, 0) is 0 Å². The van der Waals surface area contributed by atoms with E-state index >= 15 is 0 Å². The summed E-state index contributed by atoms with van der Waals surface area (Å²) < 4.78 is 12.5. The maximum Gasteiger partial charge on any atom is 0.140 e. The Labute approximate surface area is 64.5 Å². The molecule has 0 saturated heterocycles. The second-order valence-corrected chi connectivity index (χ2v) is 2.12. The number of terminal acetylenes is 1. The van der Waals surface area contributed by atoms with Crippen LogP contribution in [-0.4, -0.2) is 5.11 Å². The van der Waals surface area contributed by atoms with E-state index in [0.29, 0.717) is 5.56 Å². The monoisotopic (exact) mass is 150 g/mol. The quantitative estimate of drug-likeness (QED) is 0.601. The van der Waals surface area contributed by atoms with Gasteiger partial charge in [-0.1, -0.05) is 18.1 Å². The molecule has 1 aromatic rings. The molecule has 11 heavy (non-hydrogen) atoms. The minimum Gasteiger partial charge on any atom is -0.376 e. The molecule has 0 aromatic heterocycles. The van der Waals surface area contributed by atoms with Gasteiger partial charge in [0.1, 0.15) is 11.9 Å². The third kappa shape index (κ3) is 1.79. The molecule has 1 aromatic carbocycles. The van der Waals surface area contributed by atoms with E-state index in [9.17, 15) is 4.39 Å². The molecule has 0 aliphatic heterocycles. The average Bonchev–Trinajstić information content (AvgIpc) is 2.03. The van der Waals surface area contributed by atoms with Crippen LogP contribution in [0.3, 0.4) is 0 Å². The van der Waals surface area contributed by atoms with Crippen LogP contribution in [0.5, 0.6) is 0 Å². The minimum absolute atomic E-state index is 0.392. The van der Waals surface area contributed by atoms with Gasteiger partial charge in [0.05, 0.1) is 0 Å². The summed E-state index contributed by atoms with van der Waals surface area (Å²) in [6, 6.07) is 5.59. The molecule has 0 aliphatic rings. The zero-order valence-electron chi connectivity index (χ0n) is 5.79. The number of benzene rings is 1. The van der Waals surface area contributed by atoms with Gasteiger partial charge in [-0.15, -0.1) is 6.42 Å². The molecule has 1 N–H and O–H groups in total. The van der Waals surface area contributed by atoms with Crippen LogP contribution in [0.2, 0.25) is 0 Å². The first-order valence-corrected chi connectivity index (χ1v) is 3.13. The molecule has 56 valence electrons. The summed E-state index contributed by atoms with van der Waals surface area (Å²) in [5.41, 5.74) is 0.410. The van der Waals surface area contributed by atoms with Crippen molar-refractivity contribution in [2.45, 2.75) is 6.10 Å². The first-order valence-electron chi connectivity index (χ1n) is 3.13. The lowest BCUT2D eigenvalue weighted by molar-refractivity contribution is 0.238. The molecular formula is C9H7FO. The molecule has 1 atom stereocenters. The number of aliphatic hydroxyl groups excluding tert-OH is 1. The molecule has 2 heteroatoms. The van der Waals surface area contributed by atoms with Crippen LogP contribution < -0.4 is 0 Å². The van der Waals surface area contributed by atoms with Crippen LogP contribution in [0.1, 0.15) is 11.7 Å². The Morgan fingerprint density at radius 3 is 2.82 bits per heavy atom. The summed E-state index contributed by atoms with van der Waals surface area (Å²) >= 11 is 0. The summed E-state index contributed by atoms with van der Waals surface area (Å²) in [6.07, 6.45) is 3.92. The summed E-state index contributed by atoms with van der Waals surface area (Å²) in [5.74, 6) is 1.71. The fourth-order valence-electron chi connectivity index (χ4n) is 0.773. The highest BCUT2D eigenvalue weighted by Gasteiger charge is 2.02. The van der Waals surface area contributed by atoms with Gasteiger partial charge in [-0.2, -0.15) is 0 Å². The maximum absolute atomic E-state index is 12.5. The van der Waals surface area contributed by atoms with Crippen molar-refractivity contribution in [3.8, 4) is 12.3 Å². The highest BCUT2D eigenvalue weighted by Crippen LogP contribution is 2.12. The lowest BCUT2D eigenvalue weighted by atomic mass is 10.1. The number of hydrogen-bond acceptors (Lipinski definition) is 1. The first kappa shape index (κ1) is 7.77. The van der Waals surface area contributed by atoms with Crippen LogP contribution in [0.15, 0.2) is 24.3 Å². The van der Waals surface area contributed by atoms with Crippen molar-refractivity contribution in [2.24, 2.45) is 0 Å². The van der Waals surface area contributed by atoms with Gasteiger partial charge >= 0.3 is 0 Å². The highest BCUT2D eigenvalue weighted by molar-refractivity contribution is 5.23. The average molecular weight is 150 g/mol. The Kier molecular flexibility index (Phi) is 2.25. The molecule has 0 unspecified atom stereocenters. The zero-order chi connectivity index (χ0) is 8.27. The second-order valence-electron chi connectivity index (χ2n) is 2.12. The largest absolute Gasteiger partial charge is 0.376 e. The summed E-state index contributed by atoms with van der Waals surface area (Å²) in [5, 5.41) is 9.05. The zero-order valence-corrected chi connectivity index (χ0v) is 5.79. The van der Waals surface area contributed by atoms with Gasteiger partial charge in [0, 0.05) is 0 Å². The first-order chi connectivity index (χ1) is 5.24. The van der Waals surface area contributed by atoms with Crippen LogP contribution >= 0.6 is 0 Å². The second kappa shape index (κ2) is 3.18. The predicted molar refractivity (Wildman–Crippen MR) is 40.2 cm³/mol. The van der Waals surface area contributed by atoms with E-state index in [1.54, 1.807) is 6.07 Å². The Bertz CT molecular complexity index is 288. The van der Waals surface area contributed by atoms with Crippen molar-refractivity contribution in [3.63, 3.8) is 0 Å². The van der Waals surface area contributed by atoms with E-state index in [0.717, 1.165) is 0 Å². The topological polar surface area (TPSA) is 20.2 Å². The Balaban J connectivity index is 2.98. The highest BCUT2D eigenvalue weighted by atomic mass is 19.1. The molecule has 0 radical (unpaired) electrons. The Morgan fingerprint density at radius 1 is 1.55 bits per heavy atom. The third-order valence-electron chi connectivity index (χ3n) is 1.32. The minimum atomic E-state index is -1.01. The predicted octanol–water partition coefficient (Wildman–Crippen LogP) is 1.49. The number of halogens is 1. The normalized spacial score (nSPS) is 12.1. The summed E-state index contributed by atoms with van der Waals surface area (Å²) in [6.45, 7) is 0. The molecule has 0 amide bonds. The van der Waals surface area contributed by atoms with E-state index in [1.807, 2.05) is 0 Å². The summed E-state index contributed by atoms with van der Waals surface area (Å²) in [7, 11) is 0. The van der Waals surface area contributed by atoms with Crippen LogP contribution in [0.25, 0.3) is 0 Å².